The number of carboxylic acids is 1. The van der Waals surface area contributed by atoms with Gasteiger partial charge in [0, 0.05) is 57.0 Å². The van der Waals surface area contributed by atoms with Crippen molar-refractivity contribution in [1.82, 2.24) is 45.5 Å². The Morgan fingerprint density at radius 2 is 1.08 bits per heavy atom. The van der Waals surface area contributed by atoms with Crippen molar-refractivity contribution in [2.24, 2.45) is 5.73 Å². The van der Waals surface area contributed by atoms with E-state index in [2.05, 4.69) is 78.2 Å². The Morgan fingerprint density at radius 3 is 1.41 bits per heavy atom. The molecule has 2 aliphatic rings. The fourth-order valence-corrected chi connectivity index (χ4v) is 10.4. The van der Waals surface area contributed by atoms with E-state index >= 15 is 0 Å². The van der Waals surface area contributed by atoms with Gasteiger partial charge >= 0.3 is 5.97 Å². The molecule has 7 heterocycles. The van der Waals surface area contributed by atoms with E-state index in [4.69, 9.17) is 50.3 Å². The van der Waals surface area contributed by atoms with Crippen molar-refractivity contribution in [2.45, 2.75) is 139 Å². The Morgan fingerprint density at radius 1 is 0.671 bits per heavy atom. The van der Waals surface area contributed by atoms with Crippen molar-refractivity contribution >= 4 is 63.8 Å². The summed E-state index contributed by atoms with van der Waals surface area (Å²) in [5, 5.41) is 31.7. The molecule has 1 saturated carbocycles. The predicted octanol–water partition coefficient (Wildman–Crippen LogP) is 12.5. The van der Waals surface area contributed by atoms with E-state index in [-0.39, 0.29) is 36.4 Å². The molecule has 1 aliphatic heterocycles. The number of aryl methyl sites for hydroxylation is 6. The molecule has 12 rings (SSSR count). The van der Waals surface area contributed by atoms with Gasteiger partial charge in [0.05, 0.1) is 83.7 Å². The quantitative estimate of drug-likeness (QED) is 0.0733. The number of nitrogens with one attached hydrogen (secondary N) is 3. The summed E-state index contributed by atoms with van der Waals surface area (Å²) in [6.45, 7) is 29.0. The van der Waals surface area contributed by atoms with Crippen molar-refractivity contribution < 1.29 is 43.0 Å². The summed E-state index contributed by atoms with van der Waals surface area (Å²) in [5.41, 5.74) is 19.0. The van der Waals surface area contributed by atoms with Gasteiger partial charge in [0.25, 0.3) is 13.9 Å². The molecule has 19 nitrogen and oxygen atoms in total. The molecule has 1 amide bonds. The molecule has 1 saturated heterocycles. The molecule has 0 bridgehead atoms. The maximum absolute atomic E-state index is 13.3. The van der Waals surface area contributed by atoms with Crippen LogP contribution in [0.1, 0.15) is 141 Å². The van der Waals surface area contributed by atoms with Crippen molar-refractivity contribution in [3.8, 4) is 56.3 Å². The van der Waals surface area contributed by atoms with Crippen LogP contribution in [0.3, 0.4) is 0 Å². The van der Waals surface area contributed by atoms with Crippen LogP contribution in [0.5, 0.6) is 11.5 Å². The maximum Gasteiger partial charge on any atom is 0.335 e. The van der Waals surface area contributed by atoms with Gasteiger partial charge in [-0.25, -0.2) is 24.7 Å². The van der Waals surface area contributed by atoms with Crippen LogP contribution in [-0.4, -0.2) is 111 Å². The first-order chi connectivity index (χ1) is 40.8. The van der Waals surface area contributed by atoms with Crippen molar-refractivity contribution in [3.05, 3.63) is 117 Å². The SMILES string of the molecule is CC.COc1cc2c(cc1-c1c(C)noc1C)[nH]c1nc(C)nc(-c3cc(C(=O)NC4COC4)cc(C(C)(C)C)c3)c12.COc1cc2c(cc1-c1c(C)noc1C)[nH]c1nc(C)nc(-c3cc(C(=O)O)cc(C(C)(C)C)c3)c12.NC1CCC1.[3H][B]O. The van der Waals surface area contributed by atoms with Gasteiger partial charge in [-0.3, -0.25) is 4.79 Å². The number of carbonyl (C=O) groups excluding carboxylic acids is 1. The Labute approximate surface area is 497 Å². The summed E-state index contributed by atoms with van der Waals surface area (Å²) >= 11 is 0. The van der Waals surface area contributed by atoms with Gasteiger partial charge in [-0.2, -0.15) is 0 Å². The van der Waals surface area contributed by atoms with Crippen molar-refractivity contribution in [3.63, 3.8) is 0 Å². The van der Waals surface area contributed by atoms with E-state index in [1.807, 2.05) is 97.9 Å². The predicted molar refractivity (Wildman–Crippen MR) is 335 cm³/mol. The number of hydrogen-bond acceptors (Lipinski definition) is 15. The number of aromatic nitrogens is 8. The number of amides is 1. The summed E-state index contributed by atoms with van der Waals surface area (Å²) in [5.74, 6) is 2.91. The highest BCUT2D eigenvalue weighted by molar-refractivity contribution is 6.15. The second kappa shape index (κ2) is 25.4. The molecular formula is C65H78BN10O9. The third-order valence-corrected chi connectivity index (χ3v) is 15.1. The number of nitrogens with zero attached hydrogens (tertiary/aromatic N) is 6. The molecule has 0 spiro atoms. The maximum atomic E-state index is 13.3. The number of nitrogens with two attached hydrogens (primary N) is 1. The summed E-state index contributed by atoms with van der Waals surface area (Å²) in [7, 11) is 3.54. The number of rotatable bonds is 9. The first-order valence-corrected chi connectivity index (χ1v) is 28.5. The van der Waals surface area contributed by atoms with Crippen LogP contribution in [0.25, 0.3) is 88.6 Å². The number of H-pyrrole nitrogens is 2. The largest absolute Gasteiger partial charge is 0.496 e. The number of ether oxygens (including phenoxy) is 3. The summed E-state index contributed by atoms with van der Waals surface area (Å²) < 4.78 is 33.4. The molecule has 20 heteroatoms. The lowest BCUT2D eigenvalue weighted by Gasteiger charge is -2.27. The van der Waals surface area contributed by atoms with Crippen LogP contribution in [0.15, 0.2) is 69.7 Å². The van der Waals surface area contributed by atoms with Crippen LogP contribution in [0, 0.1) is 41.5 Å². The van der Waals surface area contributed by atoms with E-state index in [0.717, 1.165) is 99.9 Å². The minimum Gasteiger partial charge on any atom is -0.496 e. The lowest BCUT2D eigenvalue weighted by atomic mass is 9.84. The molecule has 0 unspecified atom stereocenters. The average Bonchev–Trinajstić information content (AvgIpc) is 1.64. The number of aromatic carboxylic acids is 1. The fraction of sp³-hybridized carbons (Fsp3) is 0.385. The van der Waals surface area contributed by atoms with E-state index < -0.39 is 5.97 Å². The van der Waals surface area contributed by atoms with Gasteiger partial charge in [-0.15, -0.1) is 0 Å². The topological polar surface area (TPSA) is 276 Å². The van der Waals surface area contributed by atoms with E-state index in [1.54, 1.807) is 26.4 Å². The summed E-state index contributed by atoms with van der Waals surface area (Å²) in [6, 6.07) is 20.1. The van der Waals surface area contributed by atoms with Crippen LogP contribution in [0.2, 0.25) is 0 Å². The molecule has 85 heavy (non-hydrogen) atoms. The molecule has 1 radical (unpaired) electrons. The van der Waals surface area contributed by atoms with Crippen molar-refractivity contribution in [2.75, 3.05) is 27.4 Å². The van der Waals surface area contributed by atoms with Crippen LogP contribution >= 0.6 is 0 Å². The normalized spacial score (nSPS) is 13.5. The molecule has 4 aromatic carbocycles. The van der Waals surface area contributed by atoms with E-state index in [0.29, 0.717) is 70.7 Å². The smallest absolute Gasteiger partial charge is 0.335 e. The Bertz CT molecular complexity index is 4090. The monoisotopic (exact) mass is 1160 g/mol. The lowest BCUT2D eigenvalue weighted by Crippen LogP contribution is -2.48. The molecule has 10 aromatic rings. The van der Waals surface area contributed by atoms with Gasteiger partial charge in [0.1, 0.15) is 46.0 Å². The van der Waals surface area contributed by atoms with Crippen LogP contribution in [-0.2, 0) is 15.6 Å². The summed E-state index contributed by atoms with van der Waals surface area (Å²) in [4.78, 5) is 51.2. The second-order valence-corrected chi connectivity index (χ2v) is 23.3. The van der Waals surface area contributed by atoms with E-state index in [9.17, 15) is 14.7 Å². The van der Waals surface area contributed by atoms with Crippen LogP contribution in [0.4, 0.5) is 0 Å². The third-order valence-electron chi connectivity index (χ3n) is 15.1. The number of methoxy groups -OCH3 is 2. The average molecular weight is 1160 g/mol. The number of fused-ring (bicyclic) bond motifs is 6. The number of carbonyl (C=O) groups is 2. The summed E-state index contributed by atoms with van der Waals surface area (Å²) in [6.07, 6.45) is 3.89. The molecular weight excluding hydrogens is 1080 g/mol. The molecule has 6 aromatic heterocycles. The molecule has 1 aliphatic carbocycles. The number of carboxylic acid groups (broad SMARTS) is 1. The van der Waals surface area contributed by atoms with Crippen molar-refractivity contribution in [1.29, 1.82) is 1.34 Å². The van der Waals surface area contributed by atoms with Gasteiger partial charge in [-0.1, -0.05) is 72.1 Å². The third kappa shape index (κ3) is 13.0. The fourth-order valence-electron chi connectivity index (χ4n) is 10.4. The molecule has 0 atom stereocenters. The van der Waals surface area contributed by atoms with E-state index in [1.165, 1.54) is 19.3 Å². The lowest BCUT2D eigenvalue weighted by molar-refractivity contribution is -0.00346. The Hall–Kier alpha value is -8.46. The molecule has 445 valence electrons. The van der Waals surface area contributed by atoms with Gasteiger partial charge < -0.3 is 54.4 Å². The number of benzene rings is 4. The first-order valence-electron chi connectivity index (χ1n) is 29.1. The van der Waals surface area contributed by atoms with Gasteiger partial charge in [0.15, 0.2) is 0 Å². The van der Waals surface area contributed by atoms with Gasteiger partial charge in [0.2, 0.25) is 0 Å². The molecule has 2 fully saturated rings. The highest BCUT2D eigenvalue weighted by Crippen LogP contribution is 2.44. The zero-order valence-electron chi connectivity index (χ0n) is 52.6. The zero-order valence-corrected chi connectivity index (χ0v) is 51.6. The minimum absolute atomic E-state index is 0.0372. The zero-order chi connectivity index (χ0) is 62.7. The number of aromatic amines is 2. The molecule has 7 N–H and O–H groups in total. The Balaban J connectivity index is 0.000000194. The minimum atomic E-state index is -0.978. The first kappa shape index (κ1) is 61.1. The second-order valence-electron chi connectivity index (χ2n) is 23.3. The number of hydrogen-bond donors (Lipinski definition) is 6. The highest BCUT2D eigenvalue weighted by atomic mass is 16.5. The van der Waals surface area contributed by atoms with Gasteiger partial charge in [-0.05, 0) is 137 Å². The van der Waals surface area contributed by atoms with Crippen LogP contribution < -0.4 is 20.5 Å². The standard InChI is InChI=1S/C31H33N5O4.C28H28N4O4.C4H9N.C2H6.BH2O/c1-15-26(16(2)40-36-15)23-11-24-22(12-25(23)38-7)27-28(32-17(3)33-29(27)35-24)18-8-19(10-20(9-18)31(4,5)6)30(37)34-21-13-39-14-21;1-13-23(14(2)36-32-13)20-11-21-19(12-22(20)35-7)24-25(29-15(3)30-26(24)31-21)16-8-17(27(33)34)10-18(9-16)28(4,5)6;5-4-2-1-3-4;2*1-2/h8-12,21H,13-14H2,1-7H3,(H,34,37)(H,32,33,35);8-12H,1-7H3,(H,33,34)(H,29,30,31);4H,1-3,5H2;1-2H3;1-2H/i;;;;1T. The highest BCUT2D eigenvalue weighted by Gasteiger charge is 2.28. The Kier molecular flexibility index (Phi) is 18.3.